The predicted molar refractivity (Wildman–Crippen MR) is 87.6 cm³/mol. The molecule has 1 rings (SSSR count). The standard InChI is InChI=1S/C18H31NO/c1-5-13-19-16(4)10-8-9-14-20-18-12-7-6-11-17(18)15(2)3/h6-7,11-12,15-16,19H,5,8-10,13-14H2,1-4H3. The normalized spacial score (nSPS) is 12.7. The Morgan fingerprint density at radius 3 is 2.55 bits per heavy atom. The summed E-state index contributed by atoms with van der Waals surface area (Å²) in [4.78, 5) is 0. The molecule has 0 aliphatic rings. The molecule has 0 aliphatic carbocycles. The second-order valence-corrected chi connectivity index (χ2v) is 5.89. The molecule has 0 aromatic heterocycles. The first-order chi connectivity index (χ1) is 9.65. The van der Waals surface area contributed by atoms with Crippen molar-refractivity contribution in [1.29, 1.82) is 0 Å². The summed E-state index contributed by atoms with van der Waals surface area (Å²) >= 11 is 0. The Balaban J connectivity index is 2.21. The molecular formula is C18H31NO. The van der Waals surface area contributed by atoms with E-state index >= 15 is 0 Å². The van der Waals surface area contributed by atoms with Crippen LogP contribution in [-0.2, 0) is 0 Å². The van der Waals surface area contributed by atoms with E-state index < -0.39 is 0 Å². The Morgan fingerprint density at radius 1 is 1.10 bits per heavy atom. The van der Waals surface area contributed by atoms with Crippen molar-refractivity contribution in [2.24, 2.45) is 0 Å². The van der Waals surface area contributed by atoms with Gasteiger partial charge in [-0.25, -0.2) is 0 Å². The number of ether oxygens (including phenoxy) is 1. The van der Waals surface area contributed by atoms with Gasteiger partial charge in [0.2, 0.25) is 0 Å². The second-order valence-electron chi connectivity index (χ2n) is 5.89. The minimum Gasteiger partial charge on any atom is -0.493 e. The minimum atomic E-state index is 0.518. The number of nitrogens with one attached hydrogen (secondary N) is 1. The molecule has 0 saturated heterocycles. The molecule has 1 N–H and O–H groups in total. The van der Waals surface area contributed by atoms with E-state index in [9.17, 15) is 0 Å². The molecule has 0 amide bonds. The summed E-state index contributed by atoms with van der Waals surface area (Å²) in [5.74, 6) is 1.57. The zero-order valence-corrected chi connectivity index (χ0v) is 13.6. The smallest absolute Gasteiger partial charge is 0.122 e. The average molecular weight is 277 g/mol. The summed E-state index contributed by atoms with van der Waals surface area (Å²) in [7, 11) is 0. The Morgan fingerprint density at radius 2 is 1.85 bits per heavy atom. The summed E-state index contributed by atoms with van der Waals surface area (Å²) < 4.78 is 5.94. The molecule has 2 heteroatoms. The summed E-state index contributed by atoms with van der Waals surface area (Å²) in [5.41, 5.74) is 1.31. The summed E-state index contributed by atoms with van der Waals surface area (Å²) in [5, 5.41) is 3.52. The van der Waals surface area contributed by atoms with Crippen LogP contribution in [0.15, 0.2) is 24.3 Å². The minimum absolute atomic E-state index is 0.518. The van der Waals surface area contributed by atoms with Gasteiger partial charge in [0.15, 0.2) is 0 Å². The molecule has 1 aromatic carbocycles. The van der Waals surface area contributed by atoms with Gasteiger partial charge >= 0.3 is 0 Å². The van der Waals surface area contributed by atoms with Crippen molar-refractivity contribution in [1.82, 2.24) is 5.32 Å². The van der Waals surface area contributed by atoms with Gasteiger partial charge in [0, 0.05) is 6.04 Å². The molecule has 0 heterocycles. The summed E-state index contributed by atoms with van der Waals surface area (Å²) in [6, 6.07) is 9.01. The van der Waals surface area contributed by atoms with Gasteiger partial charge < -0.3 is 10.1 Å². The Hall–Kier alpha value is -1.02. The highest BCUT2D eigenvalue weighted by atomic mass is 16.5. The molecule has 1 unspecified atom stereocenters. The van der Waals surface area contributed by atoms with E-state index in [1.54, 1.807) is 0 Å². The summed E-state index contributed by atoms with van der Waals surface area (Å²) in [6.07, 6.45) is 4.79. The van der Waals surface area contributed by atoms with Crippen molar-refractivity contribution in [2.45, 2.75) is 65.3 Å². The van der Waals surface area contributed by atoms with Crippen LogP contribution in [0.3, 0.4) is 0 Å². The fourth-order valence-electron chi connectivity index (χ4n) is 2.32. The highest BCUT2D eigenvalue weighted by Gasteiger charge is 2.06. The van der Waals surface area contributed by atoms with Gasteiger partial charge in [-0.05, 0) is 56.7 Å². The van der Waals surface area contributed by atoms with Crippen molar-refractivity contribution >= 4 is 0 Å². The lowest BCUT2D eigenvalue weighted by molar-refractivity contribution is 0.298. The summed E-state index contributed by atoms with van der Waals surface area (Å²) in [6.45, 7) is 10.8. The Bertz CT molecular complexity index is 362. The van der Waals surface area contributed by atoms with E-state index in [1.807, 2.05) is 0 Å². The number of benzene rings is 1. The van der Waals surface area contributed by atoms with Gasteiger partial charge in [0.05, 0.1) is 6.61 Å². The maximum absolute atomic E-state index is 5.94. The van der Waals surface area contributed by atoms with Gasteiger partial charge in [-0.2, -0.15) is 0 Å². The van der Waals surface area contributed by atoms with E-state index in [4.69, 9.17) is 4.74 Å². The van der Waals surface area contributed by atoms with Crippen molar-refractivity contribution in [3.05, 3.63) is 29.8 Å². The first-order valence-electron chi connectivity index (χ1n) is 8.10. The van der Waals surface area contributed by atoms with Gasteiger partial charge in [0.25, 0.3) is 0 Å². The number of para-hydroxylation sites is 1. The third-order valence-electron chi connectivity index (χ3n) is 3.57. The molecule has 1 aromatic rings. The van der Waals surface area contributed by atoms with Crippen LogP contribution in [0.2, 0.25) is 0 Å². The van der Waals surface area contributed by atoms with Crippen LogP contribution in [0, 0.1) is 0 Å². The maximum atomic E-state index is 5.94. The van der Waals surface area contributed by atoms with Crippen LogP contribution in [0.5, 0.6) is 5.75 Å². The molecule has 20 heavy (non-hydrogen) atoms. The predicted octanol–water partition coefficient (Wildman–Crippen LogP) is 4.75. The Kier molecular flexibility index (Phi) is 8.36. The van der Waals surface area contributed by atoms with E-state index in [0.29, 0.717) is 12.0 Å². The van der Waals surface area contributed by atoms with E-state index in [2.05, 4.69) is 57.3 Å². The number of hydrogen-bond donors (Lipinski definition) is 1. The van der Waals surface area contributed by atoms with Gasteiger partial charge in [-0.15, -0.1) is 0 Å². The van der Waals surface area contributed by atoms with Crippen LogP contribution in [-0.4, -0.2) is 19.2 Å². The van der Waals surface area contributed by atoms with E-state index in [1.165, 1.54) is 24.8 Å². The lowest BCUT2D eigenvalue weighted by atomic mass is 10.0. The van der Waals surface area contributed by atoms with Crippen LogP contribution >= 0.6 is 0 Å². The quantitative estimate of drug-likeness (QED) is 0.623. The monoisotopic (exact) mass is 277 g/mol. The fraction of sp³-hybridized carbons (Fsp3) is 0.667. The molecule has 0 saturated carbocycles. The highest BCUT2D eigenvalue weighted by Crippen LogP contribution is 2.25. The molecule has 114 valence electrons. The highest BCUT2D eigenvalue weighted by molar-refractivity contribution is 5.35. The lowest BCUT2D eigenvalue weighted by Crippen LogP contribution is -2.26. The third-order valence-corrected chi connectivity index (χ3v) is 3.57. The Labute approximate surface area is 124 Å². The molecule has 0 aliphatic heterocycles. The largest absolute Gasteiger partial charge is 0.493 e. The van der Waals surface area contributed by atoms with Crippen molar-refractivity contribution in [3.8, 4) is 5.75 Å². The number of hydrogen-bond acceptors (Lipinski definition) is 2. The molecule has 0 radical (unpaired) electrons. The van der Waals surface area contributed by atoms with Gasteiger partial charge in [0.1, 0.15) is 5.75 Å². The second kappa shape index (κ2) is 9.82. The molecule has 1 atom stereocenters. The maximum Gasteiger partial charge on any atom is 0.122 e. The topological polar surface area (TPSA) is 21.3 Å². The molecule has 0 fully saturated rings. The SMILES string of the molecule is CCCNC(C)CCCCOc1ccccc1C(C)C. The lowest BCUT2D eigenvalue weighted by Gasteiger charge is -2.15. The molecular weight excluding hydrogens is 246 g/mol. The molecule has 2 nitrogen and oxygen atoms in total. The molecule has 0 bridgehead atoms. The first-order valence-corrected chi connectivity index (χ1v) is 8.10. The molecule has 0 spiro atoms. The van der Waals surface area contributed by atoms with Crippen LogP contribution in [0.25, 0.3) is 0 Å². The van der Waals surface area contributed by atoms with Crippen LogP contribution < -0.4 is 10.1 Å². The fourth-order valence-corrected chi connectivity index (χ4v) is 2.32. The first kappa shape index (κ1) is 17.0. The third kappa shape index (κ3) is 6.42. The zero-order valence-electron chi connectivity index (χ0n) is 13.6. The van der Waals surface area contributed by atoms with E-state index in [-0.39, 0.29) is 0 Å². The van der Waals surface area contributed by atoms with E-state index in [0.717, 1.165) is 25.3 Å². The number of rotatable bonds is 10. The van der Waals surface area contributed by atoms with Crippen molar-refractivity contribution in [3.63, 3.8) is 0 Å². The average Bonchev–Trinajstić information content (AvgIpc) is 2.45. The van der Waals surface area contributed by atoms with Gasteiger partial charge in [-0.1, -0.05) is 39.0 Å². The van der Waals surface area contributed by atoms with Crippen molar-refractivity contribution in [2.75, 3.05) is 13.2 Å². The number of unbranched alkanes of at least 4 members (excludes halogenated alkanes) is 1. The zero-order chi connectivity index (χ0) is 14.8. The van der Waals surface area contributed by atoms with Crippen molar-refractivity contribution < 1.29 is 4.74 Å². The van der Waals surface area contributed by atoms with Gasteiger partial charge in [-0.3, -0.25) is 0 Å². The van der Waals surface area contributed by atoms with Crippen LogP contribution in [0.4, 0.5) is 0 Å². The van der Waals surface area contributed by atoms with Crippen LogP contribution in [0.1, 0.15) is 64.9 Å².